The first-order chi connectivity index (χ1) is 11.7. The Kier molecular flexibility index (Phi) is 18.1. The van der Waals surface area contributed by atoms with Crippen molar-refractivity contribution in [2.45, 2.75) is 39.5 Å². The molecule has 0 radical (unpaired) electrons. The van der Waals surface area contributed by atoms with Crippen molar-refractivity contribution in [1.82, 2.24) is 31.9 Å². The van der Waals surface area contributed by atoms with Gasteiger partial charge in [-0.3, -0.25) is 0 Å². The average Bonchev–Trinajstić information content (AvgIpc) is 2.55. The molecule has 0 unspecified atom stereocenters. The van der Waals surface area contributed by atoms with Gasteiger partial charge in [0.1, 0.15) is 0 Å². The Labute approximate surface area is 158 Å². The fraction of sp³-hybridized carbons (Fsp3) is 0.875. The van der Waals surface area contributed by atoms with E-state index in [2.05, 4.69) is 31.9 Å². The highest BCUT2D eigenvalue weighted by atomic mass is 32.1. The van der Waals surface area contributed by atoms with E-state index < -0.39 is 0 Å². The van der Waals surface area contributed by atoms with E-state index >= 15 is 0 Å². The third kappa shape index (κ3) is 17.7. The van der Waals surface area contributed by atoms with Crippen LogP contribution >= 0.6 is 24.4 Å². The van der Waals surface area contributed by atoms with Crippen LogP contribution in [0.1, 0.15) is 39.5 Å². The SMILES string of the molecule is CCNC(=S)NCCCNCCCCNCCCNC(=S)NCC. The second-order valence-electron chi connectivity index (χ2n) is 5.49. The van der Waals surface area contributed by atoms with E-state index in [1.165, 1.54) is 12.8 Å². The molecule has 0 aliphatic heterocycles. The van der Waals surface area contributed by atoms with Gasteiger partial charge >= 0.3 is 0 Å². The fourth-order valence-electron chi connectivity index (χ4n) is 2.03. The molecule has 0 saturated carbocycles. The lowest BCUT2D eigenvalue weighted by molar-refractivity contribution is 0.564. The van der Waals surface area contributed by atoms with Crippen molar-refractivity contribution in [2.75, 3.05) is 52.4 Å². The standard InChI is InChI=1S/C16H36N6S2/c1-3-19-15(23)21-13-7-11-17-9-5-6-10-18-12-8-14-22-16(24)20-4-2/h17-18H,3-14H2,1-2H3,(H2,19,21,23)(H2,20,22,24). The van der Waals surface area contributed by atoms with Gasteiger partial charge in [0.15, 0.2) is 10.2 Å². The summed E-state index contributed by atoms with van der Waals surface area (Å²) in [6.45, 7) is 11.9. The van der Waals surface area contributed by atoms with Crippen LogP contribution in [0.4, 0.5) is 0 Å². The van der Waals surface area contributed by atoms with Crippen LogP contribution in [0.25, 0.3) is 0 Å². The Balaban J connectivity index is 3.10. The van der Waals surface area contributed by atoms with Gasteiger partial charge in [-0.05, 0) is 90.1 Å². The van der Waals surface area contributed by atoms with E-state index in [0.717, 1.165) is 75.4 Å². The van der Waals surface area contributed by atoms with Gasteiger partial charge in [-0.1, -0.05) is 0 Å². The Morgan fingerprint density at radius 1 is 0.542 bits per heavy atom. The molecule has 0 saturated heterocycles. The molecule has 0 rings (SSSR count). The summed E-state index contributed by atoms with van der Waals surface area (Å²) in [5.74, 6) is 0. The molecule has 8 heteroatoms. The van der Waals surface area contributed by atoms with E-state index in [1.807, 2.05) is 13.8 Å². The highest BCUT2D eigenvalue weighted by Crippen LogP contribution is 1.86. The zero-order valence-corrected chi connectivity index (χ0v) is 16.9. The van der Waals surface area contributed by atoms with E-state index in [-0.39, 0.29) is 0 Å². The van der Waals surface area contributed by atoms with Crippen molar-refractivity contribution in [1.29, 1.82) is 0 Å². The summed E-state index contributed by atoms with van der Waals surface area (Å²) in [4.78, 5) is 0. The van der Waals surface area contributed by atoms with Gasteiger partial charge in [0.2, 0.25) is 0 Å². The predicted molar refractivity (Wildman–Crippen MR) is 113 cm³/mol. The summed E-state index contributed by atoms with van der Waals surface area (Å²) >= 11 is 10.2. The van der Waals surface area contributed by atoms with Gasteiger partial charge in [-0.25, -0.2) is 0 Å². The number of hydrogen-bond donors (Lipinski definition) is 6. The molecule has 0 heterocycles. The third-order valence-electron chi connectivity index (χ3n) is 3.26. The molecular formula is C16H36N6S2. The van der Waals surface area contributed by atoms with E-state index in [4.69, 9.17) is 24.4 Å². The van der Waals surface area contributed by atoms with Crippen molar-refractivity contribution in [3.05, 3.63) is 0 Å². The van der Waals surface area contributed by atoms with Crippen molar-refractivity contribution < 1.29 is 0 Å². The topological polar surface area (TPSA) is 72.2 Å². The lowest BCUT2D eigenvalue weighted by Gasteiger charge is -2.10. The van der Waals surface area contributed by atoms with Crippen molar-refractivity contribution in [3.63, 3.8) is 0 Å². The molecule has 0 aromatic carbocycles. The maximum Gasteiger partial charge on any atom is 0.166 e. The summed E-state index contributed by atoms with van der Waals surface area (Å²) in [7, 11) is 0. The van der Waals surface area contributed by atoms with E-state index in [1.54, 1.807) is 0 Å². The van der Waals surface area contributed by atoms with Crippen LogP contribution in [0, 0.1) is 0 Å². The van der Waals surface area contributed by atoms with Crippen LogP contribution in [0.2, 0.25) is 0 Å². The van der Waals surface area contributed by atoms with Gasteiger partial charge in [-0.2, -0.15) is 0 Å². The number of thiocarbonyl (C=S) groups is 2. The molecule has 0 bridgehead atoms. The molecule has 6 N–H and O–H groups in total. The third-order valence-corrected chi connectivity index (χ3v) is 3.84. The first-order valence-corrected chi connectivity index (χ1v) is 9.97. The molecule has 0 spiro atoms. The summed E-state index contributed by atoms with van der Waals surface area (Å²) in [5, 5.41) is 21.0. The van der Waals surface area contributed by atoms with Crippen molar-refractivity contribution in [3.8, 4) is 0 Å². The Hall–Kier alpha value is -0.700. The van der Waals surface area contributed by atoms with Crippen molar-refractivity contribution >= 4 is 34.7 Å². The molecule has 0 aromatic heterocycles. The maximum absolute atomic E-state index is 5.10. The van der Waals surface area contributed by atoms with Crippen LogP contribution < -0.4 is 31.9 Å². The van der Waals surface area contributed by atoms with Gasteiger partial charge in [0, 0.05) is 26.2 Å². The lowest BCUT2D eigenvalue weighted by Crippen LogP contribution is -2.36. The predicted octanol–water partition coefficient (Wildman–Crippen LogP) is 0.694. The Morgan fingerprint density at radius 3 is 1.29 bits per heavy atom. The van der Waals surface area contributed by atoms with Gasteiger partial charge in [-0.15, -0.1) is 0 Å². The second-order valence-corrected chi connectivity index (χ2v) is 6.30. The number of nitrogens with one attached hydrogen (secondary N) is 6. The number of rotatable bonds is 15. The fourth-order valence-corrected chi connectivity index (χ4v) is 2.52. The molecule has 6 nitrogen and oxygen atoms in total. The molecule has 142 valence electrons. The van der Waals surface area contributed by atoms with Gasteiger partial charge < -0.3 is 31.9 Å². The van der Waals surface area contributed by atoms with Gasteiger partial charge in [0.05, 0.1) is 0 Å². The molecule has 0 aliphatic rings. The highest BCUT2D eigenvalue weighted by Gasteiger charge is 1.94. The first-order valence-electron chi connectivity index (χ1n) is 9.15. The van der Waals surface area contributed by atoms with Crippen LogP contribution in [0.15, 0.2) is 0 Å². The van der Waals surface area contributed by atoms with Crippen molar-refractivity contribution in [2.24, 2.45) is 0 Å². The van der Waals surface area contributed by atoms with E-state index in [9.17, 15) is 0 Å². The minimum atomic E-state index is 0.752. The Morgan fingerprint density at radius 2 is 0.917 bits per heavy atom. The minimum Gasteiger partial charge on any atom is -0.363 e. The maximum atomic E-state index is 5.10. The lowest BCUT2D eigenvalue weighted by atomic mass is 10.3. The average molecular weight is 377 g/mol. The Bertz CT molecular complexity index is 285. The molecule has 0 aliphatic carbocycles. The van der Waals surface area contributed by atoms with E-state index in [0.29, 0.717) is 0 Å². The largest absolute Gasteiger partial charge is 0.363 e. The normalized spacial score (nSPS) is 10.2. The number of hydrogen-bond acceptors (Lipinski definition) is 4. The minimum absolute atomic E-state index is 0.752. The molecular weight excluding hydrogens is 340 g/mol. The molecule has 0 amide bonds. The van der Waals surface area contributed by atoms with Crippen LogP contribution in [0.3, 0.4) is 0 Å². The molecule has 0 aromatic rings. The van der Waals surface area contributed by atoms with Gasteiger partial charge in [0.25, 0.3) is 0 Å². The summed E-state index contributed by atoms with van der Waals surface area (Å²) in [5.41, 5.74) is 0. The highest BCUT2D eigenvalue weighted by molar-refractivity contribution is 7.80. The summed E-state index contributed by atoms with van der Waals surface area (Å²) < 4.78 is 0. The smallest absolute Gasteiger partial charge is 0.166 e. The quantitative estimate of drug-likeness (QED) is 0.184. The van der Waals surface area contributed by atoms with Crippen LogP contribution in [-0.2, 0) is 0 Å². The summed E-state index contributed by atoms with van der Waals surface area (Å²) in [6, 6.07) is 0. The zero-order chi connectivity index (χ0) is 17.9. The molecule has 0 atom stereocenters. The number of unbranched alkanes of at least 4 members (excludes halogenated alkanes) is 1. The molecule has 0 fully saturated rings. The summed E-state index contributed by atoms with van der Waals surface area (Å²) in [6.07, 6.45) is 4.59. The monoisotopic (exact) mass is 376 g/mol. The molecule has 24 heavy (non-hydrogen) atoms. The second kappa shape index (κ2) is 18.6. The first kappa shape index (κ1) is 23.3. The van der Waals surface area contributed by atoms with Crippen LogP contribution in [-0.4, -0.2) is 62.6 Å². The van der Waals surface area contributed by atoms with Crippen LogP contribution in [0.5, 0.6) is 0 Å². The zero-order valence-electron chi connectivity index (χ0n) is 15.3.